The lowest BCUT2D eigenvalue weighted by molar-refractivity contribution is -0.848. The number of quaternary nitrogens is 1. The first-order chi connectivity index (χ1) is 22.5. The fraction of sp³-hybridized carbons (Fsp3) is 0.265. The third kappa shape index (κ3) is 7.75. The molecule has 0 aliphatic carbocycles. The van der Waals surface area contributed by atoms with Crippen LogP contribution in [0.25, 0.3) is 11.3 Å². The highest BCUT2D eigenvalue weighted by atomic mass is 32.1. The van der Waals surface area contributed by atoms with Crippen LogP contribution in [-0.4, -0.2) is 72.1 Å². The molecule has 0 saturated heterocycles. The molecule has 0 fully saturated rings. The van der Waals surface area contributed by atoms with Crippen molar-refractivity contribution >= 4 is 35.8 Å². The number of anilines is 1. The van der Waals surface area contributed by atoms with Gasteiger partial charge in [0.15, 0.2) is 11.9 Å². The Bertz CT molecular complexity index is 1830. The lowest BCUT2D eigenvalue weighted by Crippen LogP contribution is -2.54. The van der Waals surface area contributed by atoms with Gasteiger partial charge in [0.25, 0.3) is 0 Å². The maximum atomic E-state index is 15.4. The van der Waals surface area contributed by atoms with E-state index in [0.29, 0.717) is 28.5 Å². The van der Waals surface area contributed by atoms with Crippen LogP contribution in [-0.2, 0) is 16.9 Å². The molecule has 13 heteroatoms. The number of carbonyl (C=O) groups excluding carboxylic acids is 1. The molecule has 0 saturated carbocycles. The summed E-state index contributed by atoms with van der Waals surface area (Å²) in [5, 5.41) is 31.1. The molecular formula is C34H34F2N7O3S+. The first-order valence-corrected chi connectivity index (χ1v) is 15.7. The summed E-state index contributed by atoms with van der Waals surface area (Å²) < 4.78 is 35.2. The van der Waals surface area contributed by atoms with Crippen molar-refractivity contribution < 1.29 is 28.0 Å². The Hall–Kier alpha value is -4.87. The number of para-hydroxylation sites is 1. The number of carbonyl (C=O) groups is 1. The highest BCUT2D eigenvalue weighted by Crippen LogP contribution is 2.42. The number of aromatic nitrogens is 1. The van der Waals surface area contributed by atoms with Gasteiger partial charge >= 0.3 is 6.09 Å². The number of rotatable bonds is 12. The standard InChI is InChI=1S/C34H33F2N7O3S/c1-23(32-40-31(19-47-32)25-10-8-24(17-37)9-11-25)34(45,28-16-27(35)12-13-29(28)36)20-43(22-38-21-39-43)14-15-46-33(44)41-30-7-5-4-6-26(30)18-42(2)3/h4-13,16,19,21-23,45H,14-15,18,20H2,1-3H3/p+1/t23-,34+,43?/m0/s1. The number of hydrogen-bond donors (Lipinski definition) is 2. The summed E-state index contributed by atoms with van der Waals surface area (Å²) in [7, 11) is 3.85. The minimum absolute atomic E-state index is 0.0487. The molecule has 4 aromatic rings. The number of thiazole rings is 1. The second-order valence-corrected chi connectivity index (χ2v) is 12.4. The van der Waals surface area contributed by atoms with Crippen LogP contribution in [0.4, 0.5) is 19.3 Å². The fourth-order valence-electron chi connectivity index (χ4n) is 5.40. The molecule has 1 aliphatic heterocycles. The van der Waals surface area contributed by atoms with E-state index in [2.05, 4.69) is 21.5 Å². The number of nitrogens with one attached hydrogen (secondary N) is 1. The monoisotopic (exact) mass is 658 g/mol. The highest BCUT2D eigenvalue weighted by molar-refractivity contribution is 7.10. The summed E-state index contributed by atoms with van der Waals surface area (Å²) in [5.41, 5.74) is 1.11. The van der Waals surface area contributed by atoms with Crippen LogP contribution in [0.3, 0.4) is 0 Å². The van der Waals surface area contributed by atoms with Crippen molar-refractivity contribution in [3.8, 4) is 17.3 Å². The van der Waals surface area contributed by atoms with Crippen LogP contribution in [0.2, 0.25) is 0 Å². The molecule has 1 aliphatic rings. The Balaban J connectivity index is 1.38. The Kier molecular flexibility index (Phi) is 10.2. The molecule has 2 N–H and O–H groups in total. The first-order valence-electron chi connectivity index (χ1n) is 14.8. The summed E-state index contributed by atoms with van der Waals surface area (Å²) in [5.74, 6) is -2.36. The smallest absolute Gasteiger partial charge is 0.411 e. The van der Waals surface area contributed by atoms with E-state index in [-0.39, 0.29) is 29.9 Å². The third-order valence-corrected chi connectivity index (χ3v) is 8.94. The number of aliphatic hydroxyl groups is 1. The SMILES string of the molecule is C[C@@H](c1nc(-c2ccc(C#N)cc2)cs1)[C@](O)(C[N+]1(CCOC(=O)Nc2ccccc2CN(C)C)C=NC=N1)c1cc(F)ccc1F. The van der Waals surface area contributed by atoms with Gasteiger partial charge in [0.1, 0.15) is 31.3 Å². The number of ether oxygens (including phenoxy) is 1. The van der Waals surface area contributed by atoms with Crippen molar-refractivity contribution in [3.05, 3.63) is 105 Å². The van der Waals surface area contributed by atoms with Crippen molar-refractivity contribution in [2.45, 2.75) is 25.0 Å². The van der Waals surface area contributed by atoms with Gasteiger partial charge in [-0.15, -0.1) is 15.9 Å². The first kappa shape index (κ1) is 33.5. The van der Waals surface area contributed by atoms with E-state index in [1.165, 1.54) is 24.0 Å². The van der Waals surface area contributed by atoms with Crippen molar-refractivity contribution in [1.29, 1.82) is 5.26 Å². The van der Waals surface area contributed by atoms with Gasteiger partial charge in [-0.2, -0.15) is 10.3 Å². The van der Waals surface area contributed by atoms with Crippen LogP contribution in [0, 0.1) is 23.0 Å². The number of hydrogen-bond acceptors (Lipinski definition) is 9. The van der Waals surface area contributed by atoms with Gasteiger partial charge in [-0.05, 0) is 56.1 Å². The molecule has 0 radical (unpaired) electrons. The molecule has 2 heterocycles. The molecule has 1 unspecified atom stereocenters. The van der Waals surface area contributed by atoms with Crippen LogP contribution in [0.5, 0.6) is 0 Å². The van der Waals surface area contributed by atoms with Gasteiger partial charge in [-0.25, -0.2) is 18.6 Å². The molecule has 0 spiro atoms. The molecule has 10 nitrogen and oxygen atoms in total. The summed E-state index contributed by atoms with van der Waals surface area (Å²) >= 11 is 1.27. The normalized spacial score (nSPS) is 17.3. The van der Waals surface area contributed by atoms with Crippen LogP contribution in [0.1, 0.15) is 34.5 Å². The summed E-state index contributed by atoms with van der Waals surface area (Å²) in [6.45, 7) is 1.96. The van der Waals surface area contributed by atoms with Crippen LogP contribution < -0.4 is 5.32 Å². The van der Waals surface area contributed by atoms with Gasteiger partial charge in [0, 0.05) is 34.7 Å². The van der Waals surface area contributed by atoms with Gasteiger partial charge < -0.3 is 14.7 Å². The van der Waals surface area contributed by atoms with Crippen LogP contribution >= 0.6 is 11.3 Å². The van der Waals surface area contributed by atoms with Crippen LogP contribution in [0.15, 0.2) is 82.2 Å². The maximum absolute atomic E-state index is 15.4. The van der Waals surface area contributed by atoms with Gasteiger partial charge in [0.2, 0.25) is 6.34 Å². The molecule has 242 valence electrons. The van der Waals surface area contributed by atoms with E-state index in [9.17, 15) is 14.3 Å². The van der Waals surface area contributed by atoms with E-state index in [0.717, 1.165) is 29.3 Å². The van der Waals surface area contributed by atoms with Gasteiger partial charge in [-0.1, -0.05) is 42.4 Å². The zero-order chi connectivity index (χ0) is 33.6. The van der Waals surface area contributed by atoms with E-state index in [4.69, 9.17) is 15.0 Å². The van der Waals surface area contributed by atoms with Crippen molar-refractivity contribution in [2.75, 3.05) is 39.1 Å². The third-order valence-electron chi connectivity index (χ3n) is 7.91. The number of benzene rings is 3. The van der Waals surface area contributed by atoms with Crippen molar-refractivity contribution in [2.24, 2.45) is 10.1 Å². The Morgan fingerprint density at radius 2 is 1.94 bits per heavy atom. The van der Waals surface area contributed by atoms with Gasteiger partial charge in [-0.3, -0.25) is 5.32 Å². The number of nitriles is 1. The molecule has 5 rings (SSSR count). The number of halogens is 2. The Morgan fingerprint density at radius 1 is 1.17 bits per heavy atom. The minimum atomic E-state index is -2.03. The Morgan fingerprint density at radius 3 is 2.64 bits per heavy atom. The van der Waals surface area contributed by atoms with E-state index in [1.54, 1.807) is 42.6 Å². The molecule has 47 heavy (non-hydrogen) atoms. The zero-order valence-electron chi connectivity index (χ0n) is 26.1. The predicted molar refractivity (Wildman–Crippen MR) is 177 cm³/mol. The fourth-order valence-corrected chi connectivity index (χ4v) is 6.37. The van der Waals surface area contributed by atoms with E-state index in [1.807, 2.05) is 37.2 Å². The lowest BCUT2D eigenvalue weighted by Gasteiger charge is -2.38. The molecule has 0 bridgehead atoms. The van der Waals surface area contributed by atoms with Crippen molar-refractivity contribution in [3.63, 3.8) is 0 Å². The van der Waals surface area contributed by atoms with E-state index < -0.39 is 29.2 Å². The quantitative estimate of drug-likeness (QED) is 0.178. The molecule has 1 amide bonds. The molecule has 1 aromatic heterocycles. The Labute approximate surface area is 275 Å². The van der Waals surface area contributed by atoms with E-state index >= 15 is 4.39 Å². The largest absolute Gasteiger partial charge is 0.443 e. The summed E-state index contributed by atoms with van der Waals surface area (Å²) in [6, 6.07) is 19.3. The average Bonchev–Trinajstić information content (AvgIpc) is 3.73. The minimum Gasteiger partial charge on any atom is -0.443 e. The number of amides is 1. The second-order valence-electron chi connectivity index (χ2n) is 11.6. The zero-order valence-corrected chi connectivity index (χ0v) is 26.9. The maximum Gasteiger partial charge on any atom is 0.411 e. The predicted octanol–water partition coefficient (Wildman–Crippen LogP) is 6.06. The molecule has 3 atom stereocenters. The lowest BCUT2D eigenvalue weighted by atomic mass is 9.81. The summed E-state index contributed by atoms with van der Waals surface area (Å²) in [6.07, 6.45) is 2.09. The summed E-state index contributed by atoms with van der Waals surface area (Å²) in [4.78, 5) is 23.6. The second kappa shape index (κ2) is 14.3. The highest BCUT2D eigenvalue weighted by Gasteiger charge is 2.49. The molecular weight excluding hydrogens is 624 g/mol. The van der Waals surface area contributed by atoms with Crippen molar-refractivity contribution in [1.82, 2.24) is 9.88 Å². The average molecular weight is 659 g/mol. The van der Waals surface area contributed by atoms with Gasteiger partial charge in [0.05, 0.1) is 22.3 Å². The topological polar surface area (TPSA) is 123 Å². The molecule has 3 aromatic carbocycles. The number of nitrogens with zero attached hydrogens (tertiary/aromatic N) is 6. The number of aliphatic imine (C=N–C) groups is 1.